The monoisotopic (exact) mass is 384 g/mol. The Kier molecular flexibility index (Phi) is 5.90. The number of methoxy groups -OCH3 is 1. The zero-order chi connectivity index (χ0) is 20.1. The van der Waals surface area contributed by atoms with Gasteiger partial charge >= 0.3 is 5.69 Å². The molecule has 0 spiro atoms. The Bertz CT molecular complexity index is 919. The third-order valence-corrected chi connectivity index (χ3v) is 4.43. The second kappa shape index (κ2) is 8.53. The highest BCUT2D eigenvalue weighted by Crippen LogP contribution is 2.37. The lowest BCUT2D eigenvalue weighted by Crippen LogP contribution is -2.36. The van der Waals surface area contributed by atoms with Gasteiger partial charge in [-0.05, 0) is 29.8 Å². The van der Waals surface area contributed by atoms with Crippen LogP contribution in [0.1, 0.15) is 15.9 Å². The maximum Gasteiger partial charge on any atom is 0.315 e. The molecule has 1 fully saturated rings. The van der Waals surface area contributed by atoms with Crippen LogP contribution in [0.2, 0.25) is 0 Å². The molecule has 0 atom stereocenters. The molecule has 0 bridgehead atoms. The van der Waals surface area contributed by atoms with Crippen LogP contribution in [0, 0.1) is 10.1 Å². The molecule has 0 aromatic heterocycles. The van der Waals surface area contributed by atoms with Crippen molar-refractivity contribution in [2.45, 2.75) is 0 Å². The number of morpholine rings is 1. The van der Waals surface area contributed by atoms with E-state index in [9.17, 15) is 20.0 Å². The van der Waals surface area contributed by atoms with Gasteiger partial charge in [0.2, 0.25) is 5.75 Å². The quantitative estimate of drug-likeness (QED) is 0.353. The number of nitrogens with zero attached hydrogens (tertiary/aromatic N) is 2. The van der Waals surface area contributed by atoms with E-state index in [2.05, 4.69) is 4.90 Å². The number of rotatable bonds is 6. The van der Waals surface area contributed by atoms with Crippen molar-refractivity contribution in [3.8, 4) is 11.5 Å². The van der Waals surface area contributed by atoms with E-state index in [4.69, 9.17) is 9.47 Å². The second-order valence-corrected chi connectivity index (χ2v) is 6.20. The van der Waals surface area contributed by atoms with Crippen molar-refractivity contribution in [3.05, 3.63) is 63.7 Å². The minimum atomic E-state index is -0.706. The van der Waals surface area contributed by atoms with Gasteiger partial charge in [-0.1, -0.05) is 18.2 Å². The van der Waals surface area contributed by atoms with Crippen LogP contribution in [0.15, 0.2) is 42.5 Å². The number of allylic oxidation sites excluding steroid dienone is 1. The fourth-order valence-electron chi connectivity index (χ4n) is 2.95. The number of nitro groups is 1. The summed E-state index contributed by atoms with van der Waals surface area (Å²) in [4.78, 5) is 25.1. The normalized spacial score (nSPS) is 14.2. The molecule has 0 radical (unpaired) electrons. The summed E-state index contributed by atoms with van der Waals surface area (Å²) < 4.78 is 10.3. The lowest BCUT2D eigenvalue weighted by atomic mass is 10.1. The van der Waals surface area contributed by atoms with E-state index in [0.717, 1.165) is 18.8 Å². The standard InChI is InChI=1S/C20H20N2O6/c1-27-19-12-14(11-17(20(19)24)22(25)26)5-6-18(23)15-3-2-4-16(13-15)21-7-9-28-10-8-21/h2-6,11-13,24H,7-10H2,1H3/b6-5+. The zero-order valence-corrected chi connectivity index (χ0v) is 15.3. The number of carbonyl (C=O) groups is 1. The highest BCUT2D eigenvalue weighted by Gasteiger charge is 2.19. The molecule has 28 heavy (non-hydrogen) atoms. The molecule has 8 heteroatoms. The van der Waals surface area contributed by atoms with E-state index in [1.807, 2.05) is 18.2 Å². The molecule has 146 valence electrons. The molecular weight excluding hydrogens is 364 g/mol. The summed E-state index contributed by atoms with van der Waals surface area (Å²) in [5.41, 5.74) is 1.35. The molecule has 0 saturated carbocycles. The van der Waals surface area contributed by atoms with Crippen molar-refractivity contribution in [2.75, 3.05) is 38.3 Å². The molecule has 1 heterocycles. The zero-order valence-electron chi connectivity index (χ0n) is 15.3. The fraction of sp³-hybridized carbons (Fsp3) is 0.250. The van der Waals surface area contributed by atoms with Crippen LogP contribution < -0.4 is 9.64 Å². The maximum absolute atomic E-state index is 12.5. The number of phenols is 1. The summed E-state index contributed by atoms with van der Waals surface area (Å²) in [6.45, 7) is 2.84. The predicted molar refractivity (Wildman–Crippen MR) is 104 cm³/mol. The van der Waals surface area contributed by atoms with Crippen LogP contribution in [-0.4, -0.2) is 49.2 Å². The third-order valence-electron chi connectivity index (χ3n) is 4.43. The van der Waals surface area contributed by atoms with Crippen molar-refractivity contribution < 1.29 is 24.3 Å². The molecule has 1 aliphatic heterocycles. The molecule has 0 unspecified atom stereocenters. The molecule has 1 aliphatic rings. The Morgan fingerprint density at radius 1 is 1.29 bits per heavy atom. The van der Waals surface area contributed by atoms with E-state index >= 15 is 0 Å². The molecule has 0 amide bonds. The topological polar surface area (TPSA) is 102 Å². The van der Waals surface area contributed by atoms with Crippen LogP contribution in [-0.2, 0) is 4.74 Å². The first kappa shape index (κ1) is 19.4. The number of aromatic hydroxyl groups is 1. The van der Waals surface area contributed by atoms with E-state index < -0.39 is 16.4 Å². The second-order valence-electron chi connectivity index (χ2n) is 6.20. The smallest absolute Gasteiger partial charge is 0.315 e. The number of hydrogen-bond acceptors (Lipinski definition) is 7. The highest BCUT2D eigenvalue weighted by atomic mass is 16.6. The maximum atomic E-state index is 12.5. The molecular formula is C20H20N2O6. The van der Waals surface area contributed by atoms with Crippen LogP contribution in [0.3, 0.4) is 0 Å². The average molecular weight is 384 g/mol. The third kappa shape index (κ3) is 4.29. The van der Waals surface area contributed by atoms with Gasteiger partial charge in [-0.2, -0.15) is 0 Å². The van der Waals surface area contributed by atoms with Crippen LogP contribution in [0.5, 0.6) is 11.5 Å². The number of ether oxygens (including phenoxy) is 2. The van der Waals surface area contributed by atoms with Gasteiger partial charge in [-0.15, -0.1) is 0 Å². The molecule has 1 N–H and O–H groups in total. The summed E-state index contributed by atoms with van der Waals surface area (Å²) in [5.74, 6) is -0.811. The number of anilines is 1. The first-order chi connectivity index (χ1) is 13.5. The summed E-state index contributed by atoms with van der Waals surface area (Å²) in [5, 5.41) is 20.9. The largest absolute Gasteiger partial charge is 0.500 e. The molecule has 8 nitrogen and oxygen atoms in total. The Labute approximate surface area is 161 Å². The highest BCUT2D eigenvalue weighted by molar-refractivity contribution is 6.07. The van der Waals surface area contributed by atoms with Gasteiger partial charge in [-0.25, -0.2) is 0 Å². The summed E-state index contributed by atoms with van der Waals surface area (Å²) in [6, 6.07) is 9.91. The summed E-state index contributed by atoms with van der Waals surface area (Å²) >= 11 is 0. The molecule has 3 rings (SSSR count). The van der Waals surface area contributed by atoms with Crippen LogP contribution >= 0.6 is 0 Å². The fourth-order valence-corrected chi connectivity index (χ4v) is 2.95. The summed E-state index contributed by atoms with van der Waals surface area (Å²) in [7, 11) is 1.30. The number of phenolic OH excluding ortho intramolecular Hbond substituents is 1. The van der Waals surface area contributed by atoms with Crippen LogP contribution in [0.25, 0.3) is 6.08 Å². The number of benzene rings is 2. The first-order valence-corrected chi connectivity index (χ1v) is 8.70. The minimum Gasteiger partial charge on any atom is -0.500 e. The lowest BCUT2D eigenvalue weighted by molar-refractivity contribution is -0.386. The molecule has 0 aliphatic carbocycles. The van der Waals surface area contributed by atoms with E-state index in [-0.39, 0.29) is 11.5 Å². The van der Waals surface area contributed by atoms with Gasteiger partial charge in [0.15, 0.2) is 11.5 Å². The van der Waals surface area contributed by atoms with E-state index in [1.165, 1.54) is 31.4 Å². The van der Waals surface area contributed by atoms with Crippen LogP contribution in [0.4, 0.5) is 11.4 Å². The van der Waals surface area contributed by atoms with Crippen molar-refractivity contribution in [3.63, 3.8) is 0 Å². The number of ketones is 1. The van der Waals surface area contributed by atoms with Gasteiger partial charge < -0.3 is 19.5 Å². The molecule has 2 aromatic carbocycles. The first-order valence-electron chi connectivity index (χ1n) is 8.70. The summed E-state index contributed by atoms with van der Waals surface area (Å²) in [6.07, 6.45) is 2.80. The van der Waals surface area contributed by atoms with Gasteiger partial charge in [0, 0.05) is 30.4 Å². The van der Waals surface area contributed by atoms with Gasteiger partial charge in [-0.3, -0.25) is 14.9 Å². The van der Waals surface area contributed by atoms with Crippen molar-refractivity contribution in [1.29, 1.82) is 0 Å². The Morgan fingerprint density at radius 2 is 2.04 bits per heavy atom. The van der Waals surface area contributed by atoms with Crippen molar-refractivity contribution in [1.82, 2.24) is 0 Å². The van der Waals surface area contributed by atoms with E-state index in [0.29, 0.717) is 24.3 Å². The van der Waals surface area contributed by atoms with Gasteiger partial charge in [0.1, 0.15) is 0 Å². The Balaban J connectivity index is 1.82. The number of hydrogen-bond donors (Lipinski definition) is 1. The average Bonchev–Trinajstić information content (AvgIpc) is 2.73. The Hall–Kier alpha value is -3.39. The lowest BCUT2D eigenvalue weighted by Gasteiger charge is -2.29. The minimum absolute atomic E-state index is 0.0318. The number of nitro benzene ring substituents is 1. The number of carbonyl (C=O) groups excluding carboxylic acids is 1. The SMILES string of the molecule is COc1cc(/C=C/C(=O)c2cccc(N3CCOCC3)c2)cc([N+](=O)[O-])c1O. The van der Waals surface area contributed by atoms with E-state index in [1.54, 1.807) is 6.07 Å². The van der Waals surface area contributed by atoms with Crippen molar-refractivity contribution >= 4 is 23.2 Å². The molecule has 1 saturated heterocycles. The van der Waals surface area contributed by atoms with Gasteiger partial charge in [0.25, 0.3) is 0 Å². The molecule has 2 aromatic rings. The van der Waals surface area contributed by atoms with Crippen molar-refractivity contribution in [2.24, 2.45) is 0 Å². The Morgan fingerprint density at radius 3 is 2.71 bits per heavy atom. The van der Waals surface area contributed by atoms with Gasteiger partial charge in [0.05, 0.1) is 25.2 Å². The predicted octanol–water partition coefficient (Wildman–Crippen LogP) is 3.04.